The zero-order valence-electron chi connectivity index (χ0n) is 23.0. The minimum atomic E-state index is -4.78. The highest BCUT2D eigenvalue weighted by molar-refractivity contribution is 6.32. The topological polar surface area (TPSA) is 133 Å². The number of aromatic nitrogens is 7. The van der Waals surface area contributed by atoms with E-state index in [0.29, 0.717) is 15.4 Å². The van der Waals surface area contributed by atoms with E-state index < -0.39 is 23.8 Å². The molecule has 0 radical (unpaired) electrons. The molecule has 0 bridgehead atoms. The summed E-state index contributed by atoms with van der Waals surface area (Å²) in [6.07, 6.45) is -3.35. The van der Waals surface area contributed by atoms with E-state index >= 15 is 0 Å². The van der Waals surface area contributed by atoms with Crippen molar-refractivity contribution in [2.45, 2.75) is 33.1 Å². The highest BCUT2D eigenvalue weighted by Gasteiger charge is 2.37. The smallest absolute Gasteiger partial charge is 0.348 e. The van der Waals surface area contributed by atoms with Gasteiger partial charge in [0.2, 0.25) is 0 Å². The van der Waals surface area contributed by atoms with Crippen molar-refractivity contribution in [3.05, 3.63) is 110 Å². The Hall–Kier alpha value is -4.82. The Labute approximate surface area is 258 Å². The fourth-order valence-corrected chi connectivity index (χ4v) is 4.63. The normalized spacial score (nSPS) is 11.4. The first-order chi connectivity index (χ1) is 20.9. The van der Waals surface area contributed by atoms with Gasteiger partial charge in [-0.3, -0.25) is 9.59 Å². The van der Waals surface area contributed by atoms with Crippen LogP contribution < -0.4 is 10.6 Å². The molecule has 5 rings (SSSR count). The number of halogens is 5. The number of nitrogens with one attached hydrogen (secondary N) is 2. The summed E-state index contributed by atoms with van der Waals surface area (Å²) < 4.78 is 40.1. The molecule has 44 heavy (non-hydrogen) atoms. The maximum absolute atomic E-state index is 13.8. The van der Waals surface area contributed by atoms with Crippen molar-refractivity contribution >= 4 is 40.7 Å². The second kappa shape index (κ2) is 12.4. The summed E-state index contributed by atoms with van der Waals surface area (Å²) >= 11 is 12.3. The van der Waals surface area contributed by atoms with E-state index in [9.17, 15) is 22.8 Å². The Kier molecular flexibility index (Phi) is 8.65. The Morgan fingerprint density at radius 3 is 2.41 bits per heavy atom. The van der Waals surface area contributed by atoms with E-state index in [1.54, 1.807) is 49.4 Å². The predicted octanol–water partition coefficient (Wildman–Crippen LogP) is 5.43. The van der Waals surface area contributed by atoms with Crippen LogP contribution in [0.25, 0.3) is 5.82 Å². The molecule has 0 aliphatic rings. The summed E-state index contributed by atoms with van der Waals surface area (Å²) in [6.45, 7) is 3.44. The highest BCUT2D eigenvalue weighted by Crippen LogP contribution is 2.27. The molecule has 11 nitrogen and oxygen atoms in total. The van der Waals surface area contributed by atoms with Crippen LogP contribution in [0.2, 0.25) is 10.0 Å². The molecule has 16 heteroatoms. The van der Waals surface area contributed by atoms with E-state index in [4.69, 9.17) is 23.2 Å². The van der Waals surface area contributed by atoms with Crippen molar-refractivity contribution in [3.63, 3.8) is 0 Å². The molecular formula is C28H22Cl2F3N9O2. The van der Waals surface area contributed by atoms with Crippen molar-refractivity contribution in [1.82, 2.24) is 40.3 Å². The molecule has 3 heterocycles. The third kappa shape index (κ3) is 6.87. The summed E-state index contributed by atoms with van der Waals surface area (Å²) in [6, 6.07) is 14.9. The first kappa shape index (κ1) is 30.6. The first-order valence-electron chi connectivity index (χ1n) is 12.9. The highest BCUT2D eigenvalue weighted by atomic mass is 35.5. The van der Waals surface area contributed by atoms with Gasteiger partial charge in [0.05, 0.1) is 22.0 Å². The average molecular weight is 644 g/mol. The van der Waals surface area contributed by atoms with Crippen LogP contribution in [0.15, 0.2) is 60.8 Å². The van der Waals surface area contributed by atoms with Gasteiger partial charge in [-0.05, 0) is 72.1 Å². The van der Waals surface area contributed by atoms with Crippen molar-refractivity contribution in [3.8, 4) is 5.82 Å². The van der Waals surface area contributed by atoms with Gasteiger partial charge in [0.15, 0.2) is 5.82 Å². The van der Waals surface area contributed by atoms with Gasteiger partial charge in [-0.25, -0.2) is 9.67 Å². The molecular weight excluding hydrogens is 622 g/mol. The molecule has 2 N–H and O–H groups in total. The van der Waals surface area contributed by atoms with Crippen LogP contribution in [0.1, 0.15) is 49.1 Å². The van der Waals surface area contributed by atoms with Gasteiger partial charge in [-0.2, -0.15) is 23.1 Å². The monoisotopic (exact) mass is 643 g/mol. The van der Waals surface area contributed by atoms with Gasteiger partial charge < -0.3 is 10.6 Å². The van der Waals surface area contributed by atoms with E-state index in [-0.39, 0.29) is 46.6 Å². The molecule has 0 atom stereocenters. The third-order valence-corrected chi connectivity index (χ3v) is 6.82. The van der Waals surface area contributed by atoms with Gasteiger partial charge >= 0.3 is 6.18 Å². The number of nitrogens with zero attached hydrogens (tertiary/aromatic N) is 7. The number of tetrazole rings is 1. The van der Waals surface area contributed by atoms with E-state index in [1.165, 1.54) is 18.3 Å². The molecule has 0 fully saturated rings. The first-order valence-corrected chi connectivity index (χ1v) is 13.6. The molecule has 2 aromatic carbocycles. The fourth-order valence-electron chi connectivity index (χ4n) is 4.30. The third-order valence-electron chi connectivity index (χ3n) is 6.27. The average Bonchev–Trinajstić information content (AvgIpc) is 3.62. The number of alkyl halides is 3. The number of rotatable bonds is 8. The van der Waals surface area contributed by atoms with E-state index in [2.05, 4.69) is 36.1 Å². The lowest BCUT2D eigenvalue weighted by molar-refractivity contribution is -0.145. The lowest BCUT2D eigenvalue weighted by Crippen LogP contribution is -2.26. The molecule has 0 aliphatic carbocycles. The van der Waals surface area contributed by atoms with Crippen LogP contribution in [0, 0.1) is 13.8 Å². The van der Waals surface area contributed by atoms with Crippen molar-refractivity contribution < 1.29 is 22.8 Å². The number of anilines is 1. The molecule has 0 unspecified atom stereocenters. The maximum atomic E-state index is 13.8. The zero-order valence-corrected chi connectivity index (χ0v) is 24.5. The van der Waals surface area contributed by atoms with Gasteiger partial charge in [0.1, 0.15) is 12.2 Å². The largest absolute Gasteiger partial charge is 0.455 e. The molecule has 0 aliphatic heterocycles. The number of carbonyl (C=O) groups is 2. The number of amides is 2. The van der Waals surface area contributed by atoms with Gasteiger partial charge in [0, 0.05) is 17.8 Å². The zero-order chi connectivity index (χ0) is 31.6. The lowest BCUT2D eigenvalue weighted by Gasteiger charge is -2.16. The van der Waals surface area contributed by atoms with Crippen LogP contribution in [0.3, 0.4) is 0 Å². The van der Waals surface area contributed by atoms with Crippen LogP contribution in [-0.4, -0.2) is 46.8 Å². The lowest BCUT2D eigenvalue weighted by atomic mass is 10.0. The standard InChI is InChI=1S/C28H22Cl2F3N9O2/c1-15-10-16(2)23(20(11-15)25(43)35-13-17-5-7-18(29)8-6-17)36-26(44)22-12-19(14-41-39-27(37-40-41)28(31,32)33)38-42(22)24-21(30)4-3-9-34-24/h3-12H,13-14H2,1-2H3,(H,35,43)(H,36,44). The Bertz CT molecular complexity index is 1850. The van der Waals surface area contributed by atoms with Crippen LogP contribution in [-0.2, 0) is 19.3 Å². The molecule has 2 amide bonds. The molecule has 0 spiro atoms. The fraction of sp³-hybridized carbons (Fsp3) is 0.179. The van der Waals surface area contributed by atoms with Gasteiger partial charge in [0.25, 0.3) is 17.6 Å². The van der Waals surface area contributed by atoms with E-state index in [0.717, 1.165) is 15.8 Å². The molecule has 3 aromatic heterocycles. The minimum Gasteiger partial charge on any atom is -0.348 e. The Balaban J connectivity index is 1.46. The summed E-state index contributed by atoms with van der Waals surface area (Å²) in [5, 5.41) is 20.5. The molecule has 5 aromatic rings. The summed E-state index contributed by atoms with van der Waals surface area (Å²) in [4.78, 5) is 32.0. The quantitative estimate of drug-likeness (QED) is 0.230. The molecule has 226 valence electrons. The SMILES string of the molecule is Cc1cc(C)c(NC(=O)c2cc(Cn3nnc(C(F)(F)F)n3)nn2-c2ncccc2Cl)c(C(=O)NCc2ccc(Cl)cc2)c1. The number of pyridine rings is 1. The van der Waals surface area contributed by atoms with Crippen molar-refractivity contribution in [2.24, 2.45) is 0 Å². The van der Waals surface area contributed by atoms with Gasteiger partial charge in [-0.15, -0.1) is 10.2 Å². The number of hydrogen-bond donors (Lipinski definition) is 2. The van der Waals surface area contributed by atoms with Gasteiger partial charge in [-0.1, -0.05) is 41.4 Å². The summed E-state index contributed by atoms with van der Waals surface area (Å²) in [7, 11) is 0. The maximum Gasteiger partial charge on any atom is 0.455 e. The Morgan fingerprint density at radius 2 is 1.73 bits per heavy atom. The van der Waals surface area contributed by atoms with Crippen molar-refractivity contribution in [1.29, 1.82) is 0 Å². The van der Waals surface area contributed by atoms with Crippen LogP contribution >= 0.6 is 23.2 Å². The van der Waals surface area contributed by atoms with Crippen LogP contribution in [0.5, 0.6) is 0 Å². The Morgan fingerprint density at radius 1 is 0.977 bits per heavy atom. The van der Waals surface area contributed by atoms with Crippen LogP contribution in [0.4, 0.5) is 18.9 Å². The minimum absolute atomic E-state index is 0.0655. The number of benzene rings is 2. The summed E-state index contributed by atoms with van der Waals surface area (Å²) in [5.74, 6) is -2.44. The molecule has 0 saturated heterocycles. The number of hydrogen-bond acceptors (Lipinski definition) is 7. The molecule has 0 saturated carbocycles. The predicted molar refractivity (Wildman–Crippen MR) is 155 cm³/mol. The number of aryl methyl sites for hydroxylation is 2. The summed E-state index contributed by atoms with van der Waals surface area (Å²) in [5.41, 5.74) is 2.76. The second-order valence-electron chi connectivity index (χ2n) is 9.65. The van der Waals surface area contributed by atoms with Crippen molar-refractivity contribution in [2.75, 3.05) is 5.32 Å². The van der Waals surface area contributed by atoms with E-state index in [1.807, 2.05) is 6.92 Å². The second-order valence-corrected chi connectivity index (χ2v) is 10.5. The number of carbonyl (C=O) groups excluding carboxylic acids is 2.